The van der Waals surface area contributed by atoms with E-state index in [-0.39, 0.29) is 24.5 Å². The number of hydrogen-bond donors (Lipinski definition) is 1. The summed E-state index contributed by atoms with van der Waals surface area (Å²) in [5.41, 5.74) is 2.24. The summed E-state index contributed by atoms with van der Waals surface area (Å²) in [5, 5.41) is 9.61. The molecule has 0 spiro atoms. The molecule has 1 N–H and O–H groups in total. The molecule has 3 amide bonds. The fourth-order valence-corrected chi connectivity index (χ4v) is 3.53. The average molecular weight is 457 g/mol. The lowest BCUT2D eigenvalue weighted by Crippen LogP contribution is -2.49. The zero-order valence-electron chi connectivity index (χ0n) is 19.1. The van der Waals surface area contributed by atoms with Crippen molar-refractivity contribution < 1.29 is 14.3 Å². The van der Waals surface area contributed by atoms with E-state index in [1.807, 2.05) is 57.2 Å². The monoisotopic (exact) mass is 456 g/mol. The molecule has 0 aromatic heterocycles. The molecular weight excluding hydrogens is 428 g/mol. The van der Waals surface area contributed by atoms with Crippen LogP contribution >= 0.6 is 11.6 Å². The van der Waals surface area contributed by atoms with Gasteiger partial charge in [0.1, 0.15) is 12.3 Å². The van der Waals surface area contributed by atoms with E-state index >= 15 is 0 Å². The van der Waals surface area contributed by atoms with Crippen LogP contribution in [0.2, 0.25) is 5.02 Å². The van der Waals surface area contributed by atoms with Crippen LogP contribution in [0.1, 0.15) is 44.4 Å². The maximum Gasteiger partial charge on any atom is 0.318 e. The van der Waals surface area contributed by atoms with Crippen molar-refractivity contribution in [3.63, 3.8) is 0 Å². The van der Waals surface area contributed by atoms with Crippen molar-refractivity contribution in [3.05, 3.63) is 64.7 Å². The lowest BCUT2D eigenvalue weighted by atomic mass is 9.98. The summed E-state index contributed by atoms with van der Waals surface area (Å²) in [5.74, 6) is 0.487. The molecule has 2 aromatic rings. The topological polar surface area (TPSA) is 74.2 Å². The van der Waals surface area contributed by atoms with Gasteiger partial charge in [0, 0.05) is 24.0 Å². The van der Waals surface area contributed by atoms with Crippen LogP contribution in [0.25, 0.3) is 0 Å². The van der Waals surface area contributed by atoms with Crippen molar-refractivity contribution >= 4 is 29.3 Å². The smallest absolute Gasteiger partial charge is 0.318 e. The molecule has 3 rings (SSSR count). The molecular formula is C24H29ClN4O3. The van der Waals surface area contributed by atoms with Crippen LogP contribution in [0, 0.1) is 0 Å². The summed E-state index contributed by atoms with van der Waals surface area (Å²) >= 11 is 6.05. The van der Waals surface area contributed by atoms with E-state index in [4.69, 9.17) is 16.3 Å². The molecule has 0 bridgehead atoms. The van der Waals surface area contributed by atoms with Crippen molar-refractivity contribution in [2.75, 3.05) is 20.7 Å². The number of hydrazone groups is 1. The first-order chi connectivity index (χ1) is 15.1. The lowest BCUT2D eigenvalue weighted by molar-refractivity contribution is -0.133. The Morgan fingerprint density at radius 3 is 2.34 bits per heavy atom. The zero-order valence-corrected chi connectivity index (χ0v) is 19.8. The Morgan fingerprint density at radius 2 is 1.78 bits per heavy atom. The number of carbonyl (C=O) groups excluding carboxylic acids is 2. The highest BCUT2D eigenvalue weighted by Crippen LogP contribution is 2.33. The minimum Gasteiger partial charge on any atom is -0.497 e. The van der Waals surface area contributed by atoms with Crippen LogP contribution in [0.15, 0.2) is 53.6 Å². The van der Waals surface area contributed by atoms with Crippen LogP contribution in [0.4, 0.5) is 4.79 Å². The highest BCUT2D eigenvalue weighted by molar-refractivity contribution is 6.30. The fraction of sp³-hybridized carbons (Fsp3) is 0.375. The first-order valence-electron chi connectivity index (χ1n) is 10.4. The number of likely N-dealkylation sites (N-methyl/N-ethyl adjacent to an activating group) is 1. The number of nitrogens with one attached hydrogen (secondary N) is 1. The second kappa shape index (κ2) is 9.61. The standard InChI is InChI=1S/C24H29ClN4O3/c1-24(2,3)26-23(31)28(4)15-22(30)29-21(17-6-10-18(25)11-7-17)14-20(27-29)16-8-12-19(32-5)13-9-16/h6-13,21H,14-15H2,1-5H3,(H,26,31). The normalized spacial score (nSPS) is 15.9. The predicted molar refractivity (Wildman–Crippen MR) is 126 cm³/mol. The Bertz CT molecular complexity index is 997. The lowest BCUT2D eigenvalue weighted by Gasteiger charge is -2.27. The fourth-order valence-electron chi connectivity index (χ4n) is 3.41. The zero-order chi connectivity index (χ0) is 23.5. The van der Waals surface area contributed by atoms with E-state index in [1.165, 1.54) is 9.91 Å². The SMILES string of the molecule is COc1ccc(C2=NN(C(=O)CN(C)C(=O)NC(C)(C)C)C(c3ccc(Cl)cc3)C2)cc1. The molecule has 1 aliphatic heterocycles. The number of halogens is 1. The number of hydrogen-bond acceptors (Lipinski definition) is 4. The number of amides is 3. The van der Waals surface area contributed by atoms with Crippen LogP contribution in [0.3, 0.4) is 0 Å². The number of ether oxygens (including phenoxy) is 1. The second-order valence-electron chi connectivity index (χ2n) is 8.82. The minimum atomic E-state index is -0.395. The Kier molecular flexibility index (Phi) is 7.09. The maximum atomic E-state index is 13.2. The van der Waals surface area contributed by atoms with Gasteiger partial charge in [-0.3, -0.25) is 4.79 Å². The highest BCUT2D eigenvalue weighted by Gasteiger charge is 2.34. The van der Waals surface area contributed by atoms with Gasteiger partial charge in [-0.25, -0.2) is 9.80 Å². The van der Waals surface area contributed by atoms with Gasteiger partial charge in [-0.2, -0.15) is 5.10 Å². The van der Waals surface area contributed by atoms with Gasteiger partial charge >= 0.3 is 6.03 Å². The van der Waals surface area contributed by atoms with Crippen molar-refractivity contribution in [1.29, 1.82) is 0 Å². The summed E-state index contributed by atoms with van der Waals surface area (Å²) in [6.07, 6.45) is 0.553. The summed E-state index contributed by atoms with van der Waals surface area (Å²) in [4.78, 5) is 27.0. The van der Waals surface area contributed by atoms with E-state index in [0.717, 1.165) is 22.6 Å². The van der Waals surface area contributed by atoms with E-state index in [2.05, 4.69) is 10.4 Å². The molecule has 1 unspecified atom stereocenters. The van der Waals surface area contributed by atoms with Gasteiger partial charge < -0.3 is 15.0 Å². The van der Waals surface area contributed by atoms with E-state index in [0.29, 0.717) is 11.4 Å². The molecule has 1 atom stereocenters. The largest absolute Gasteiger partial charge is 0.497 e. The van der Waals surface area contributed by atoms with Gasteiger partial charge in [-0.1, -0.05) is 23.7 Å². The van der Waals surface area contributed by atoms with E-state index in [1.54, 1.807) is 26.3 Å². The molecule has 0 aliphatic carbocycles. The summed E-state index contributed by atoms with van der Waals surface area (Å²) < 4.78 is 5.23. The number of carbonyl (C=O) groups is 2. The molecule has 1 aliphatic rings. The third-order valence-electron chi connectivity index (χ3n) is 5.04. The second-order valence-corrected chi connectivity index (χ2v) is 9.26. The summed E-state index contributed by atoms with van der Waals surface area (Å²) in [6.45, 7) is 5.58. The maximum absolute atomic E-state index is 13.2. The van der Waals surface area contributed by atoms with Gasteiger partial charge in [0.2, 0.25) is 0 Å². The number of rotatable bonds is 5. The molecule has 2 aromatic carbocycles. The number of methoxy groups -OCH3 is 1. The molecule has 0 fully saturated rings. The van der Waals surface area contributed by atoms with E-state index in [9.17, 15) is 9.59 Å². The first kappa shape index (κ1) is 23.6. The molecule has 0 radical (unpaired) electrons. The molecule has 32 heavy (non-hydrogen) atoms. The number of urea groups is 1. The highest BCUT2D eigenvalue weighted by atomic mass is 35.5. The number of benzene rings is 2. The summed E-state index contributed by atoms with van der Waals surface area (Å²) in [6, 6.07) is 14.4. The molecule has 170 valence electrons. The van der Waals surface area contributed by atoms with Crippen LogP contribution < -0.4 is 10.1 Å². The predicted octanol–water partition coefficient (Wildman–Crippen LogP) is 4.47. The molecule has 8 heteroatoms. The Hall–Kier alpha value is -3.06. The third-order valence-corrected chi connectivity index (χ3v) is 5.30. The van der Waals surface area contributed by atoms with Crippen LogP contribution in [0.5, 0.6) is 5.75 Å². The van der Waals surface area contributed by atoms with Crippen molar-refractivity contribution in [3.8, 4) is 5.75 Å². The van der Waals surface area contributed by atoms with Crippen LogP contribution in [-0.4, -0.2) is 53.8 Å². The average Bonchev–Trinajstić information content (AvgIpc) is 3.18. The van der Waals surface area contributed by atoms with Crippen LogP contribution in [-0.2, 0) is 4.79 Å². The molecule has 0 saturated carbocycles. The molecule has 0 saturated heterocycles. The van der Waals surface area contributed by atoms with Crippen molar-refractivity contribution in [2.45, 2.75) is 38.8 Å². The van der Waals surface area contributed by atoms with Crippen molar-refractivity contribution in [1.82, 2.24) is 15.2 Å². The van der Waals surface area contributed by atoms with Crippen molar-refractivity contribution in [2.24, 2.45) is 5.10 Å². The molecule has 7 nitrogen and oxygen atoms in total. The van der Waals surface area contributed by atoms with Gasteiger partial charge in [0.15, 0.2) is 0 Å². The quantitative estimate of drug-likeness (QED) is 0.721. The summed E-state index contributed by atoms with van der Waals surface area (Å²) in [7, 11) is 3.21. The van der Waals surface area contributed by atoms with Gasteiger partial charge in [0.25, 0.3) is 5.91 Å². The molecule has 1 heterocycles. The minimum absolute atomic E-state index is 0.0919. The first-order valence-corrected chi connectivity index (χ1v) is 10.8. The Labute approximate surface area is 194 Å². The Morgan fingerprint density at radius 1 is 1.16 bits per heavy atom. The van der Waals surface area contributed by atoms with E-state index < -0.39 is 5.54 Å². The third kappa shape index (κ3) is 5.79. The van der Waals surface area contributed by atoms with Gasteiger partial charge in [-0.05, 0) is 68.3 Å². The Balaban J connectivity index is 1.84. The van der Waals surface area contributed by atoms with Gasteiger partial charge in [0.05, 0.1) is 18.9 Å². The number of nitrogens with zero attached hydrogens (tertiary/aromatic N) is 3. The van der Waals surface area contributed by atoms with Gasteiger partial charge in [-0.15, -0.1) is 0 Å².